The second-order valence-electron chi connectivity index (χ2n) is 7.23. The zero-order valence-corrected chi connectivity index (χ0v) is 15.3. The summed E-state index contributed by atoms with van der Waals surface area (Å²) >= 11 is 6.08. The van der Waals surface area contributed by atoms with Gasteiger partial charge in [-0.15, -0.1) is 0 Å². The lowest BCUT2D eigenvalue weighted by Gasteiger charge is -2.20. The van der Waals surface area contributed by atoms with Gasteiger partial charge in [0, 0.05) is 35.6 Å². The van der Waals surface area contributed by atoms with E-state index in [1.54, 1.807) is 23.1 Å². The highest BCUT2D eigenvalue weighted by atomic mass is 35.5. The Labute approximate surface area is 145 Å². The standard InChI is InChI=1S/C18H21ClN4O/c1-11(2)22-17(24)13-10-21-16(19)9-14(13)23(22)12-6-7-20-15(8-12)18(3,4)5/h6-11H,1-5H3. The minimum atomic E-state index is -0.0822. The van der Waals surface area contributed by atoms with Crippen LogP contribution in [0.5, 0.6) is 0 Å². The van der Waals surface area contributed by atoms with E-state index in [1.165, 1.54) is 0 Å². The quantitative estimate of drug-likeness (QED) is 0.657. The van der Waals surface area contributed by atoms with E-state index in [1.807, 2.05) is 30.7 Å². The molecule has 0 aromatic carbocycles. The maximum atomic E-state index is 12.8. The van der Waals surface area contributed by atoms with Gasteiger partial charge in [0.15, 0.2) is 0 Å². The molecule has 126 valence electrons. The van der Waals surface area contributed by atoms with E-state index < -0.39 is 0 Å². The van der Waals surface area contributed by atoms with Gasteiger partial charge in [0.1, 0.15) is 5.15 Å². The normalized spacial score (nSPS) is 12.3. The van der Waals surface area contributed by atoms with Crippen molar-refractivity contribution in [2.45, 2.75) is 46.1 Å². The number of hydrogen-bond donors (Lipinski definition) is 0. The maximum absolute atomic E-state index is 12.8. The Morgan fingerprint density at radius 1 is 1.17 bits per heavy atom. The van der Waals surface area contributed by atoms with Crippen molar-refractivity contribution in [3.05, 3.63) is 51.8 Å². The van der Waals surface area contributed by atoms with Crippen molar-refractivity contribution in [3.63, 3.8) is 0 Å². The van der Waals surface area contributed by atoms with Crippen molar-refractivity contribution < 1.29 is 0 Å². The Morgan fingerprint density at radius 2 is 1.88 bits per heavy atom. The van der Waals surface area contributed by atoms with Crippen LogP contribution in [0.25, 0.3) is 16.6 Å². The second kappa shape index (κ2) is 5.74. The number of fused-ring (bicyclic) bond motifs is 1. The van der Waals surface area contributed by atoms with Crippen LogP contribution in [0.1, 0.15) is 46.4 Å². The van der Waals surface area contributed by atoms with Gasteiger partial charge in [0.2, 0.25) is 0 Å². The minimum Gasteiger partial charge on any atom is -0.267 e. The van der Waals surface area contributed by atoms with Crippen molar-refractivity contribution in [3.8, 4) is 5.69 Å². The third kappa shape index (κ3) is 2.73. The number of nitrogens with zero attached hydrogens (tertiary/aromatic N) is 4. The van der Waals surface area contributed by atoms with Crippen LogP contribution in [-0.4, -0.2) is 19.3 Å². The molecule has 0 radical (unpaired) electrons. The lowest BCUT2D eigenvalue weighted by atomic mass is 9.91. The third-order valence-electron chi connectivity index (χ3n) is 3.98. The fraction of sp³-hybridized carbons (Fsp3) is 0.389. The van der Waals surface area contributed by atoms with Gasteiger partial charge in [-0.05, 0) is 26.0 Å². The average Bonchev–Trinajstić information content (AvgIpc) is 2.79. The summed E-state index contributed by atoms with van der Waals surface area (Å²) in [5.41, 5.74) is 2.45. The Kier molecular flexibility index (Phi) is 4.00. The molecule has 0 fully saturated rings. The fourth-order valence-electron chi connectivity index (χ4n) is 2.78. The fourth-order valence-corrected chi connectivity index (χ4v) is 2.93. The van der Waals surface area contributed by atoms with Crippen LogP contribution in [0.2, 0.25) is 5.15 Å². The SMILES string of the molecule is CC(C)n1c(=O)c2cnc(Cl)cc2n1-c1ccnc(C(C)(C)C)c1. The van der Waals surface area contributed by atoms with Crippen molar-refractivity contribution in [2.24, 2.45) is 0 Å². The van der Waals surface area contributed by atoms with Gasteiger partial charge < -0.3 is 0 Å². The molecular weight excluding hydrogens is 324 g/mol. The molecule has 0 aliphatic carbocycles. The molecule has 0 spiro atoms. The predicted molar refractivity (Wildman–Crippen MR) is 97.2 cm³/mol. The predicted octanol–water partition coefficient (Wildman–Crippen LogP) is 4.11. The van der Waals surface area contributed by atoms with Gasteiger partial charge in [-0.25, -0.2) is 14.3 Å². The van der Waals surface area contributed by atoms with Gasteiger partial charge in [-0.3, -0.25) is 9.78 Å². The number of aromatic nitrogens is 4. The second-order valence-corrected chi connectivity index (χ2v) is 7.62. The van der Waals surface area contributed by atoms with Crippen LogP contribution >= 0.6 is 11.6 Å². The molecule has 0 unspecified atom stereocenters. The molecule has 0 amide bonds. The van der Waals surface area contributed by atoms with Gasteiger partial charge in [-0.2, -0.15) is 0 Å². The molecule has 0 aliphatic heterocycles. The first kappa shape index (κ1) is 16.7. The van der Waals surface area contributed by atoms with E-state index in [0.29, 0.717) is 10.5 Å². The highest BCUT2D eigenvalue weighted by Crippen LogP contribution is 2.25. The van der Waals surface area contributed by atoms with E-state index >= 15 is 0 Å². The average molecular weight is 345 g/mol. The van der Waals surface area contributed by atoms with Crippen molar-refractivity contribution in [1.29, 1.82) is 0 Å². The smallest absolute Gasteiger partial charge is 0.267 e. The number of hydrogen-bond acceptors (Lipinski definition) is 3. The first-order valence-electron chi connectivity index (χ1n) is 7.96. The lowest BCUT2D eigenvalue weighted by molar-refractivity contribution is 0.476. The van der Waals surface area contributed by atoms with Gasteiger partial charge >= 0.3 is 0 Å². The topological polar surface area (TPSA) is 52.7 Å². The molecule has 3 aromatic heterocycles. The highest BCUT2D eigenvalue weighted by molar-refractivity contribution is 6.30. The van der Waals surface area contributed by atoms with E-state index in [2.05, 4.69) is 30.7 Å². The summed E-state index contributed by atoms with van der Waals surface area (Å²) < 4.78 is 3.64. The summed E-state index contributed by atoms with van der Waals surface area (Å²) in [4.78, 5) is 21.3. The third-order valence-corrected chi connectivity index (χ3v) is 4.18. The van der Waals surface area contributed by atoms with Crippen LogP contribution in [0.4, 0.5) is 0 Å². The van der Waals surface area contributed by atoms with E-state index in [-0.39, 0.29) is 17.0 Å². The van der Waals surface area contributed by atoms with Crippen molar-refractivity contribution in [2.75, 3.05) is 0 Å². The molecule has 5 nitrogen and oxygen atoms in total. The molecule has 0 saturated heterocycles. The molecule has 0 atom stereocenters. The Balaban J connectivity index is 2.39. The molecule has 3 aromatic rings. The van der Waals surface area contributed by atoms with Gasteiger partial charge in [-0.1, -0.05) is 32.4 Å². The van der Waals surface area contributed by atoms with Gasteiger partial charge in [0.05, 0.1) is 16.6 Å². The van der Waals surface area contributed by atoms with Crippen LogP contribution < -0.4 is 5.56 Å². The summed E-state index contributed by atoms with van der Waals surface area (Å²) in [7, 11) is 0. The summed E-state index contributed by atoms with van der Waals surface area (Å²) in [6.07, 6.45) is 3.32. The largest absolute Gasteiger partial charge is 0.276 e. The van der Waals surface area contributed by atoms with Gasteiger partial charge in [0.25, 0.3) is 5.56 Å². The van der Waals surface area contributed by atoms with Crippen molar-refractivity contribution >= 4 is 22.5 Å². The maximum Gasteiger partial charge on any atom is 0.276 e. The van der Waals surface area contributed by atoms with Crippen molar-refractivity contribution in [1.82, 2.24) is 19.3 Å². The molecule has 24 heavy (non-hydrogen) atoms. The molecule has 6 heteroatoms. The molecule has 3 heterocycles. The molecule has 0 saturated carbocycles. The molecular formula is C18H21ClN4O. The monoisotopic (exact) mass is 344 g/mol. The number of rotatable bonds is 2. The van der Waals surface area contributed by atoms with Crippen LogP contribution in [-0.2, 0) is 5.41 Å². The molecule has 3 rings (SSSR count). The summed E-state index contributed by atoms with van der Waals surface area (Å²) in [5.74, 6) is 0. The first-order valence-corrected chi connectivity index (χ1v) is 8.33. The van der Waals surface area contributed by atoms with E-state index in [0.717, 1.165) is 16.9 Å². The first-order chi connectivity index (χ1) is 11.2. The Morgan fingerprint density at radius 3 is 2.50 bits per heavy atom. The summed E-state index contributed by atoms with van der Waals surface area (Å²) in [5, 5.41) is 0.921. The Bertz CT molecular complexity index is 963. The Hall–Kier alpha value is -2.14. The summed E-state index contributed by atoms with van der Waals surface area (Å²) in [6.45, 7) is 10.3. The summed E-state index contributed by atoms with van der Waals surface area (Å²) in [6, 6.07) is 5.65. The number of halogens is 1. The highest BCUT2D eigenvalue weighted by Gasteiger charge is 2.20. The zero-order valence-electron chi connectivity index (χ0n) is 14.5. The van der Waals surface area contributed by atoms with Crippen LogP contribution in [0.15, 0.2) is 35.4 Å². The minimum absolute atomic E-state index is 0.00470. The molecule has 0 aliphatic rings. The zero-order chi connectivity index (χ0) is 17.6. The van der Waals surface area contributed by atoms with E-state index in [4.69, 9.17) is 11.6 Å². The molecule has 0 N–H and O–H groups in total. The van der Waals surface area contributed by atoms with Crippen LogP contribution in [0.3, 0.4) is 0 Å². The number of pyridine rings is 2. The van der Waals surface area contributed by atoms with Crippen LogP contribution in [0, 0.1) is 0 Å². The molecule has 0 bridgehead atoms. The van der Waals surface area contributed by atoms with E-state index in [9.17, 15) is 4.79 Å². The lowest BCUT2D eigenvalue weighted by Crippen LogP contribution is -2.24.